The van der Waals surface area contributed by atoms with Gasteiger partial charge in [-0.2, -0.15) is 0 Å². The van der Waals surface area contributed by atoms with Gasteiger partial charge in [0.25, 0.3) is 5.91 Å². The third-order valence-corrected chi connectivity index (χ3v) is 9.11. The summed E-state index contributed by atoms with van der Waals surface area (Å²) in [5.41, 5.74) is 4.19. The SMILES string of the molecule is CNC(=O)NCc1ccccc1-c1ccc(CN2C(=O)[C@H](NC(=O)CC(C)(C)NCc3ccco3)CSc3cc(OC)ccc32)cc1. The summed E-state index contributed by atoms with van der Waals surface area (Å²) in [5, 5.41) is 11.8. The quantitative estimate of drug-likeness (QED) is 0.160. The highest BCUT2D eigenvalue weighted by molar-refractivity contribution is 7.99. The molecule has 5 rings (SSSR count). The van der Waals surface area contributed by atoms with Crippen molar-refractivity contribution in [3.05, 3.63) is 102 Å². The Balaban J connectivity index is 1.33. The molecule has 4 amide bonds. The molecule has 3 aromatic carbocycles. The standard InChI is InChI=1S/C36H41N5O5S/c1-36(2,39-21-28-9-7-17-46-28)19-33(42)40-30-23-47-32-18-27(45-4)15-16-31(32)41(34(30)43)22-24-11-13-25(14-12-24)29-10-6-5-8-26(29)20-38-35(44)37-3/h5-18,30,39H,19-23H2,1-4H3,(H,40,42)(H2,37,38,44)/t30-/m1/s1. The molecule has 1 atom stereocenters. The van der Waals surface area contributed by atoms with E-state index in [-0.39, 0.29) is 24.3 Å². The lowest BCUT2D eigenvalue weighted by Gasteiger charge is -2.28. The number of carbonyl (C=O) groups excluding carboxylic acids is 3. The van der Waals surface area contributed by atoms with Gasteiger partial charge in [-0.3, -0.25) is 9.59 Å². The van der Waals surface area contributed by atoms with Gasteiger partial charge in [0, 0.05) is 36.2 Å². The maximum atomic E-state index is 14.1. The number of methoxy groups -OCH3 is 1. The Morgan fingerprint density at radius 3 is 2.53 bits per heavy atom. The normalized spacial score (nSPS) is 14.6. The Morgan fingerprint density at radius 2 is 1.81 bits per heavy atom. The predicted octanol–water partition coefficient (Wildman–Crippen LogP) is 5.47. The van der Waals surface area contributed by atoms with Gasteiger partial charge in [-0.15, -0.1) is 11.8 Å². The molecule has 11 heteroatoms. The van der Waals surface area contributed by atoms with Crippen LogP contribution in [0.2, 0.25) is 0 Å². The van der Waals surface area contributed by atoms with Crippen molar-refractivity contribution in [1.82, 2.24) is 21.3 Å². The minimum absolute atomic E-state index is 0.175. The number of carbonyl (C=O) groups is 3. The van der Waals surface area contributed by atoms with E-state index >= 15 is 0 Å². The molecule has 0 saturated heterocycles. The minimum Gasteiger partial charge on any atom is -0.497 e. The van der Waals surface area contributed by atoms with Crippen molar-refractivity contribution in [1.29, 1.82) is 0 Å². The average molecular weight is 656 g/mol. The molecule has 0 spiro atoms. The van der Waals surface area contributed by atoms with Crippen molar-refractivity contribution in [2.45, 2.75) is 56.4 Å². The van der Waals surface area contributed by atoms with Crippen molar-refractivity contribution in [3.63, 3.8) is 0 Å². The largest absolute Gasteiger partial charge is 0.497 e. The lowest BCUT2D eigenvalue weighted by molar-refractivity contribution is -0.127. The number of ether oxygens (including phenoxy) is 1. The number of urea groups is 1. The van der Waals surface area contributed by atoms with E-state index in [4.69, 9.17) is 9.15 Å². The summed E-state index contributed by atoms with van der Waals surface area (Å²) in [5.74, 6) is 1.49. The Bertz CT molecular complexity index is 1690. The molecule has 0 bridgehead atoms. The zero-order valence-corrected chi connectivity index (χ0v) is 27.9. The van der Waals surface area contributed by atoms with Crippen LogP contribution in [0.5, 0.6) is 5.75 Å². The first-order chi connectivity index (χ1) is 22.7. The van der Waals surface area contributed by atoms with Gasteiger partial charge in [0.05, 0.1) is 32.1 Å². The summed E-state index contributed by atoms with van der Waals surface area (Å²) in [7, 11) is 3.20. The fourth-order valence-corrected chi connectivity index (χ4v) is 6.52. The topological polar surface area (TPSA) is 125 Å². The lowest BCUT2D eigenvalue weighted by atomic mass is 9.98. The number of nitrogens with zero attached hydrogens (tertiary/aromatic N) is 1. The van der Waals surface area contributed by atoms with Crippen molar-refractivity contribution in [2.24, 2.45) is 0 Å². The molecule has 246 valence electrons. The van der Waals surface area contributed by atoms with Gasteiger partial charge in [-0.05, 0) is 66.4 Å². The van der Waals surface area contributed by atoms with E-state index in [0.29, 0.717) is 31.1 Å². The summed E-state index contributed by atoms with van der Waals surface area (Å²) < 4.78 is 10.9. The van der Waals surface area contributed by atoms with Crippen molar-refractivity contribution < 1.29 is 23.5 Å². The van der Waals surface area contributed by atoms with Crippen LogP contribution in [-0.4, -0.2) is 49.3 Å². The van der Waals surface area contributed by atoms with Gasteiger partial charge in [0.2, 0.25) is 5.91 Å². The van der Waals surface area contributed by atoms with Crippen molar-refractivity contribution in [2.75, 3.05) is 24.8 Å². The van der Waals surface area contributed by atoms with E-state index in [1.54, 1.807) is 25.3 Å². The van der Waals surface area contributed by atoms with E-state index in [0.717, 1.165) is 38.6 Å². The fraction of sp³-hybridized carbons (Fsp3) is 0.306. The number of furan rings is 1. The van der Waals surface area contributed by atoms with Gasteiger partial charge >= 0.3 is 6.03 Å². The van der Waals surface area contributed by atoms with Gasteiger partial charge < -0.3 is 35.3 Å². The van der Waals surface area contributed by atoms with Crippen LogP contribution in [0.4, 0.5) is 10.5 Å². The number of nitrogens with one attached hydrogen (secondary N) is 4. The molecular weight excluding hydrogens is 614 g/mol. The summed E-state index contributed by atoms with van der Waals surface area (Å²) >= 11 is 1.52. The molecule has 1 aliphatic rings. The highest BCUT2D eigenvalue weighted by atomic mass is 32.2. The minimum atomic E-state index is -0.717. The van der Waals surface area contributed by atoms with Crippen molar-refractivity contribution in [3.8, 4) is 16.9 Å². The van der Waals surface area contributed by atoms with Crippen LogP contribution in [0, 0.1) is 0 Å². The van der Waals surface area contributed by atoms with Crippen LogP contribution in [-0.2, 0) is 29.2 Å². The highest BCUT2D eigenvalue weighted by Crippen LogP contribution is 2.38. The summed E-state index contributed by atoms with van der Waals surface area (Å²) in [4.78, 5) is 41.8. The van der Waals surface area contributed by atoms with E-state index < -0.39 is 11.6 Å². The number of thioether (sulfide) groups is 1. The summed E-state index contributed by atoms with van der Waals surface area (Å²) in [6.45, 7) is 5.11. The number of amides is 4. The molecule has 0 aliphatic carbocycles. The molecule has 4 N–H and O–H groups in total. The summed E-state index contributed by atoms with van der Waals surface area (Å²) in [6.07, 6.45) is 1.80. The molecule has 1 aromatic heterocycles. The van der Waals surface area contributed by atoms with Crippen LogP contribution in [0.3, 0.4) is 0 Å². The van der Waals surface area contributed by atoms with Crippen molar-refractivity contribution >= 4 is 35.3 Å². The molecule has 1 aliphatic heterocycles. The molecule has 0 saturated carbocycles. The van der Waals surface area contributed by atoms with Crippen LogP contribution < -0.4 is 30.9 Å². The van der Waals surface area contributed by atoms with E-state index in [9.17, 15) is 14.4 Å². The van der Waals surface area contributed by atoms with Gasteiger partial charge in [0.1, 0.15) is 17.6 Å². The third-order valence-electron chi connectivity index (χ3n) is 7.98. The van der Waals surface area contributed by atoms with E-state index in [2.05, 4.69) is 21.3 Å². The second-order valence-electron chi connectivity index (χ2n) is 12.0. The van der Waals surface area contributed by atoms with Gasteiger partial charge in [0.15, 0.2) is 0 Å². The average Bonchev–Trinajstić information content (AvgIpc) is 3.57. The fourth-order valence-electron chi connectivity index (χ4n) is 5.42. The number of anilines is 1. The van der Waals surface area contributed by atoms with Crippen LogP contribution >= 0.6 is 11.8 Å². The van der Waals surface area contributed by atoms with Crippen LogP contribution in [0.1, 0.15) is 37.2 Å². The maximum absolute atomic E-state index is 14.1. The van der Waals surface area contributed by atoms with Gasteiger partial charge in [-0.25, -0.2) is 4.79 Å². The number of hydrogen-bond donors (Lipinski definition) is 4. The molecule has 2 heterocycles. The molecule has 0 fully saturated rings. The first-order valence-corrected chi connectivity index (χ1v) is 16.5. The lowest BCUT2D eigenvalue weighted by Crippen LogP contribution is -2.51. The maximum Gasteiger partial charge on any atom is 0.314 e. The monoisotopic (exact) mass is 655 g/mol. The summed E-state index contributed by atoms with van der Waals surface area (Å²) in [6, 6.07) is 24.4. The molecule has 0 unspecified atom stereocenters. The molecule has 10 nitrogen and oxygen atoms in total. The molecular formula is C36H41N5O5S. The Morgan fingerprint density at radius 1 is 1.02 bits per heavy atom. The van der Waals surface area contributed by atoms with Gasteiger partial charge in [-0.1, -0.05) is 48.5 Å². The van der Waals surface area contributed by atoms with Crippen LogP contribution in [0.15, 0.2) is 94.4 Å². The highest BCUT2D eigenvalue weighted by Gasteiger charge is 2.33. The van der Waals surface area contributed by atoms with Crippen LogP contribution in [0.25, 0.3) is 11.1 Å². The third kappa shape index (κ3) is 8.75. The second kappa shape index (κ2) is 15.2. The zero-order chi connectivity index (χ0) is 33.4. The Labute approximate surface area is 279 Å². The first kappa shape index (κ1) is 33.6. The molecule has 47 heavy (non-hydrogen) atoms. The van der Waals surface area contributed by atoms with E-state index in [1.165, 1.54) is 11.8 Å². The Kier molecular flexibility index (Phi) is 10.9. The number of rotatable bonds is 12. The zero-order valence-electron chi connectivity index (χ0n) is 27.1. The molecule has 4 aromatic rings. The number of hydrogen-bond acceptors (Lipinski definition) is 7. The number of fused-ring (bicyclic) bond motifs is 1. The van der Waals surface area contributed by atoms with E-state index in [1.807, 2.05) is 92.7 Å². The smallest absolute Gasteiger partial charge is 0.314 e. The predicted molar refractivity (Wildman–Crippen MR) is 184 cm³/mol. The molecule has 0 radical (unpaired) electrons. The first-order valence-electron chi connectivity index (χ1n) is 15.5. The second-order valence-corrected chi connectivity index (χ2v) is 13.0. The Hall–Kier alpha value is -4.74. The number of benzene rings is 3.